The number of nitrogens with one attached hydrogen (secondary N) is 1. The number of amides is 2. The number of carbonyl (C=O) groups excluding carboxylic acids is 2. The summed E-state index contributed by atoms with van der Waals surface area (Å²) >= 11 is 0. The van der Waals surface area contributed by atoms with Gasteiger partial charge in [0.25, 0.3) is 10.1 Å². The van der Waals surface area contributed by atoms with Crippen LogP contribution >= 0.6 is 0 Å². The molecule has 0 bridgehead atoms. The number of hydrogen-bond acceptors (Lipinski definition) is 4. The molecular formula is C4H5NO5S. The van der Waals surface area contributed by atoms with Crippen molar-refractivity contribution in [2.24, 2.45) is 0 Å². The fourth-order valence-corrected chi connectivity index (χ4v) is 1.46. The molecule has 1 rings (SSSR count). The Balaban J connectivity index is 2.94. The van der Waals surface area contributed by atoms with Crippen molar-refractivity contribution < 1.29 is 22.6 Å². The smallest absolute Gasteiger partial charge is 0.277 e. The maximum absolute atomic E-state index is 10.6. The van der Waals surface area contributed by atoms with Crippen LogP contribution in [0.15, 0.2) is 0 Å². The largest absolute Gasteiger partial charge is 0.295 e. The van der Waals surface area contributed by atoms with Gasteiger partial charge < -0.3 is 0 Å². The van der Waals surface area contributed by atoms with Gasteiger partial charge in [0.05, 0.1) is 6.42 Å². The summed E-state index contributed by atoms with van der Waals surface area (Å²) in [7, 11) is -4.42. The molecule has 1 unspecified atom stereocenters. The summed E-state index contributed by atoms with van der Waals surface area (Å²) < 4.78 is 29.0. The lowest BCUT2D eigenvalue weighted by atomic mass is 10.4. The third kappa shape index (κ3) is 1.55. The lowest BCUT2D eigenvalue weighted by Crippen LogP contribution is -2.30. The molecule has 0 aromatic carbocycles. The van der Waals surface area contributed by atoms with E-state index in [1.807, 2.05) is 0 Å². The van der Waals surface area contributed by atoms with E-state index in [0.29, 0.717) is 0 Å². The first-order valence-electron chi connectivity index (χ1n) is 2.71. The summed E-state index contributed by atoms with van der Waals surface area (Å²) in [6.45, 7) is 0. The van der Waals surface area contributed by atoms with E-state index in [1.165, 1.54) is 0 Å². The van der Waals surface area contributed by atoms with Crippen molar-refractivity contribution in [2.75, 3.05) is 0 Å². The molecule has 0 spiro atoms. The second-order valence-electron chi connectivity index (χ2n) is 2.12. The average Bonchev–Trinajstić information content (AvgIpc) is 2.08. The average molecular weight is 179 g/mol. The molecular weight excluding hydrogens is 174 g/mol. The van der Waals surface area contributed by atoms with Gasteiger partial charge in [-0.05, 0) is 0 Å². The summed E-state index contributed by atoms with van der Waals surface area (Å²) in [5.41, 5.74) is 0. The Kier molecular flexibility index (Phi) is 1.69. The second-order valence-corrected chi connectivity index (χ2v) is 3.72. The molecule has 1 atom stereocenters. The van der Waals surface area contributed by atoms with Crippen molar-refractivity contribution >= 4 is 21.9 Å². The van der Waals surface area contributed by atoms with Crippen molar-refractivity contribution in [1.29, 1.82) is 0 Å². The van der Waals surface area contributed by atoms with E-state index in [0.717, 1.165) is 0 Å². The molecule has 1 saturated heterocycles. The normalized spacial score (nSPS) is 25.4. The SMILES string of the molecule is O=C1CC(S(=O)(=O)O)C(=O)N1. The van der Waals surface area contributed by atoms with Gasteiger partial charge in [-0.1, -0.05) is 0 Å². The van der Waals surface area contributed by atoms with Gasteiger partial charge in [-0.15, -0.1) is 0 Å². The van der Waals surface area contributed by atoms with Crippen molar-refractivity contribution in [3.05, 3.63) is 0 Å². The van der Waals surface area contributed by atoms with E-state index in [-0.39, 0.29) is 0 Å². The molecule has 0 radical (unpaired) electrons. The number of rotatable bonds is 1. The summed E-state index contributed by atoms with van der Waals surface area (Å²) in [5, 5.41) is 0.141. The molecule has 2 amide bonds. The molecule has 11 heavy (non-hydrogen) atoms. The van der Waals surface area contributed by atoms with Crippen molar-refractivity contribution in [1.82, 2.24) is 5.32 Å². The van der Waals surface area contributed by atoms with Crippen LogP contribution in [0, 0.1) is 0 Å². The summed E-state index contributed by atoms with van der Waals surface area (Å²) in [6, 6.07) is 0. The van der Waals surface area contributed by atoms with E-state index in [9.17, 15) is 18.0 Å². The van der Waals surface area contributed by atoms with Crippen molar-refractivity contribution in [3.63, 3.8) is 0 Å². The zero-order valence-electron chi connectivity index (χ0n) is 5.27. The highest BCUT2D eigenvalue weighted by molar-refractivity contribution is 7.87. The third-order valence-corrected chi connectivity index (χ3v) is 2.39. The number of carbonyl (C=O) groups is 2. The minimum absolute atomic E-state index is 0.488. The van der Waals surface area contributed by atoms with Gasteiger partial charge in [0, 0.05) is 0 Å². The van der Waals surface area contributed by atoms with E-state index < -0.39 is 33.6 Å². The van der Waals surface area contributed by atoms with Gasteiger partial charge in [-0.3, -0.25) is 19.5 Å². The van der Waals surface area contributed by atoms with Gasteiger partial charge in [0.1, 0.15) is 0 Å². The van der Waals surface area contributed by atoms with Gasteiger partial charge >= 0.3 is 0 Å². The first-order valence-corrected chi connectivity index (χ1v) is 4.21. The highest BCUT2D eigenvalue weighted by Gasteiger charge is 2.39. The van der Waals surface area contributed by atoms with Gasteiger partial charge in [0.15, 0.2) is 5.25 Å². The quantitative estimate of drug-likeness (QED) is 0.368. The molecule has 6 nitrogen and oxygen atoms in total. The number of hydrogen-bond donors (Lipinski definition) is 2. The predicted octanol–water partition coefficient (Wildman–Crippen LogP) is -1.71. The maximum atomic E-state index is 10.6. The van der Waals surface area contributed by atoms with E-state index in [2.05, 4.69) is 0 Å². The van der Waals surface area contributed by atoms with E-state index in [1.54, 1.807) is 5.32 Å². The molecule has 0 aromatic rings. The molecule has 0 aliphatic carbocycles. The molecule has 0 saturated carbocycles. The molecule has 1 fully saturated rings. The number of imide groups is 1. The van der Waals surface area contributed by atoms with E-state index in [4.69, 9.17) is 4.55 Å². The first-order chi connectivity index (χ1) is 4.91. The van der Waals surface area contributed by atoms with Crippen LogP contribution in [-0.2, 0) is 19.7 Å². The predicted molar refractivity (Wildman–Crippen MR) is 33.1 cm³/mol. The van der Waals surface area contributed by atoms with Crippen LogP contribution in [0.5, 0.6) is 0 Å². The Morgan fingerprint density at radius 1 is 1.45 bits per heavy atom. The molecule has 1 aliphatic heterocycles. The van der Waals surface area contributed by atoms with Crippen LogP contribution < -0.4 is 5.32 Å². The molecule has 1 aliphatic rings. The monoisotopic (exact) mass is 179 g/mol. The molecule has 0 aromatic heterocycles. The first kappa shape index (κ1) is 8.15. The van der Waals surface area contributed by atoms with Gasteiger partial charge in [0.2, 0.25) is 11.8 Å². The Morgan fingerprint density at radius 2 is 2.00 bits per heavy atom. The zero-order valence-corrected chi connectivity index (χ0v) is 6.09. The van der Waals surface area contributed by atoms with Crippen molar-refractivity contribution in [2.45, 2.75) is 11.7 Å². The van der Waals surface area contributed by atoms with Crippen LogP contribution in [0.3, 0.4) is 0 Å². The summed E-state index contributed by atoms with van der Waals surface area (Å²) in [5.74, 6) is -1.64. The van der Waals surface area contributed by atoms with Crippen LogP contribution in [0.4, 0.5) is 0 Å². The van der Waals surface area contributed by atoms with Crippen LogP contribution in [-0.4, -0.2) is 30.0 Å². The highest BCUT2D eigenvalue weighted by Crippen LogP contribution is 2.09. The highest BCUT2D eigenvalue weighted by atomic mass is 32.2. The summed E-state index contributed by atoms with van der Waals surface area (Å²) in [4.78, 5) is 21.0. The standard InChI is InChI=1S/C4H5NO5S/c6-3-1-2(4(7)5-3)11(8,9)10/h2H,1H2,(H,5,6,7)(H,8,9,10). The fourth-order valence-electron chi connectivity index (χ4n) is 0.771. The van der Waals surface area contributed by atoms with Gasteiger partial charge in [-0.2, -0.15) is 8.42 Å². The zero-order chi connectivity index (χ0) is 8.65. The van der Waals surface area contributed by atoms with Crippen molar-refractivity contribution in [3.8, 4) is 0 Å². The fraction of sp³-hybridized carbons (Fsp3) is 0.500. The van der Waals surface area contributed by atoms with Crippen LogP contribution in [0.25, 0.3) is 0 Å². The topological polar surface area (TPSA) is 101 Å². The summed E-state index contributed by atoms with van der Waals surface area (Å²) in [6.07, 6.45) is -0.488. The Bertz CT molecular complexity index is 304. The lowest BCUT2D eigenvalue weighted by Gasteiger charge is -1.98. The molecule has 7 heteroatoms. The Hall–Kier alpha value is -0.950. The molecule has 1 heterocycles. The lowest BCUT2D eigenvalue weighted by molar-refractivity contribution is -0.124. The van der Waals surface area contributed by atoms with Crippen LogP contribution in [0.2, 0.25) is 0 Å². The Labute approximate surface area is 62.3 Å². The van der Waals surface area contributed by atoms with Gasteiger partial charge in [-0.25, -0.2) is 0 Å². The molecule has 2 N–H and O–H groups in total. The Morgan fingerprint density at radius 3 is 2.18 bits per heavy atom. The maximum Gasteiger partial charge on any atom is 0.277 e. The van der Waals surface area contributed by atoms with E-state index >= 15 is 0 Å². The third-order valence-electron chi connectivity index (χ3n) is 1.29. The second kappa shape index (κ2) is 2.28. The minimum Gasteiger partial charge on any atom is -0.295 e. The molecule has 62 valence electrons. The van der Waals surface area contributed by atoms with Crippen LogP contribution in [0.1, 0.15) is 6.42 Å². The minimum atomic E-state index is -4.42.